The summed E-state index contributed by atoms with van der Waals surface area (Å²) in [5.41, 5.74) is 3.70. The third kappa shape index (κ3) is 2.11. The van der Waals surface area contributed by atoms with Crippen LogP contribution in [0.3, 0.4) is 0 Å². The fourth-order valence-electron chi connectivity index (χ4n) is 4.04. The molecule has 0 spiro atoms. The summed E-state index contributed by atoms with van der Waals surface area (Å²) in [6.45, 7) is 1.58. The monoisotopic (exact) mass is 325 g/mol. The summed E-state index contributed by atoms with van der Waals surface area (Å²) in [7, 11) is 0. The standard InChI is InChI=1S/C19H16ClNO2/c1-11(22)21-16-7-3-6-14-17(23)9-8-15(18(14)16)19(21)12-4-2-5-13(20)10-12/h2-7,10,15,19H,8-9H2,1H3. The fourth-order valence-corrected chi connectivity index (χ4v) is 4.24. The van der Waals surface area contributed by atoms with Crippen LogP contribution in [0.25, 0.3) is 0 Å². The number of ketones is 1. The zero-order valence-corrected chi connectivity index (χ0v) is 13.5. The molecule has 1 aliphatic heterocycles. The van der Waals surface area contributed by atoms with Gasteiger partial charge in [-0.05, 0) is 35.7 Å². The number of anilines is 1. The van der Waals surface area contributed by atoms with Gasteiger partial charge in [0.2, 0.25) is 5.91 Å². The highest BCUT2D eigenvalue weighted by Crippen LogP contribution is 2.54. The van der Waals surface area contributed by atoms with E-state index in [9.17, 15) is 9.59 Å². The van der Waals surface area contributed by atoms with Crippen molar-refractivity contribution in [3.05, 3.63) is 64.2 Å². The Bertz CT molecular complexity index is 830. The Labute approximate surface area is 139 Å². The molecule has 2 unspecified atom stereocenters. The van der Waals surface area contributed by atoms with Gasteiger partial charge < -0.3 is 4.90 Å². The lowest BCUT2D eigenvalue weighted by Crippen LogP contribution is -2.31. The van der Waals surface area contributed by atoms with Gasteiger partial charge in [-0.3, -0.25) is 9.59 Å². The average Bonchev–Trinajstić information content (AvgIpc) is 2.87. The number of amides is 1. The molecule has 0 N–H and O–H groups in total. The number of carbonyl (C=O) groups is 2. The number of nitrogens with zero attached hydrogens (tertiary/aromatic N) is 1. The van der Waals surface area contributed by atoms with E-state index in [1.54, 1.807) is 6.92 Å². The Morgan fingerprint density at radius 3 is 2.74 bits per heavy atom. The zero-order chi connectivity index (χ0) is 16.1. The molecule has 0 radical (unpaired) electrons. The zero-order valence-electron chi connectivity index (χ0n) is 12.8. The Balaban J connectivity index is 1.94. The summed E-state index contributed by atoms with van der Waals surface area (Å²) in [5.74, 6) is 0.319. The van der Waals surface area contributed by atoms with Gasteiger partial charge in [0.1, 0.15) is 0 Å². The molecular weight excluding hydrogens is 310 g/mol. The number of hydrogen-bond acceptors (Lipinski definition) is 2. The van der Waals surface area contributed by atoms with Crippen LogP contribution in [-0.2, 0) is 4.79 Å². The van der Waals surface area contributed by atoms with Gasteiger partial charge >= 0.3 is 0 Å². The summed E-state index contributed by atoms with van der Waals surface area (Å²) in [6, 6.07) is 13.3. The summed E-state index contributed by atoms with van der Waals surface area (Å²) < 4.78 is 0. The molecule has 3 nitrogen and oxygen atoms in total. The molecule has 1 heterocycles. The minimum atomic E-state index is -0.0875. The van der Waals surface area contributed by atoms with Crippen molar-refractivity contribution in [1.29, 1.82) is 0 Å². The van der Waals surface area contributed by atoms with Gasteiger partial charge in [-0.15, -0.1) is 0 Å². The van der Waals surface area contributed by atoms with E-state index in [0.717, 1.165) is 28.8 Å². The molecule has 116 valence electrons. The van der Waals surface area contributed by atoms with Crippen molar-refractivity contribution in [3.8, 4) is 0 Å². The van der Waals surface area contributed by atoms with Crippen LogP contribution in [0, 0.1) is 0 Å². The minimum Gasteiger partial charge on any atom is -0.304 e. The van der Waals surface area contributed by atoms with Gasteiger partial charge in [0, 0.05) is 35.5 Å². The third-order valence-electron chi connectivity index (χ3n) is 4.88. The minimum absolute atomic E-state index is 0.00905. The normalized spacial score (nSPS) is 22.2. The molecule has 1 aliphatic carbocycles. The molecule has 4 heteroatoms. The van der Waals surface area contributed by atoms with Crippen molar-refractivity contribution >= 4 is 29.0 Å². The fraction of sp³-hybridized carbons (Fsp3) is 0.263. The molecule has 0 fully saturated rings. The van der Waals surface area contributed by atoms with Crippen LogP contribution in [0.4, 0.5) is 5.69 Å². The van der Waals surface area contributed by atoms with E-state index in [2.05, 4.69) is 0 Å². The van der Waals surface area contributed by atoms with Crippen LogP contribution in [0.1, 0.15) is 53.2 Å². The van der Waals surface area contributed by atoms with Gasteiger partial charge in [0.25, 0.3) is 0 Å². The second-order valence-electron chi connectivity index (χ2n) is 6.20. The number of hydrogen-bond donors (Lipinski definition) is 0. The van der Waals surface area contributed by atoms with E-state index in [4.69, 9.17) is 11.6 Å². The van der Waals surface area contributed by atoms with Crippen LogP contribution < -0.4 is 4.90 Å². The highest BCUT2D eigenvalue weighted by Gasteiger charge is 2.45. The van der Waals surface area contributed by atoms with Gasteiger partial charge in [-0.25, -0.2) is 0 Å². The van der Waals surface area contributed by atoms with Crippen LogP contribution >= 0.6 is 11.6 Å². The van der Waals surface area contributed by atoms with Crippen molar-refractivity contribution in [2.45, 2.75) is 31.7 Å². The number of benzene rings is 2. The lowest BCUT2D eigenvalue weighted by Gasteiger charge is -2.29. The maximum Gasteiger partial charge on any atom is 0.224 e. The highest BCUT2D eigenvalue weighted by atomic mass is 35.5. The summed E-state index contributed by atoms with van der Waals surface area (Å²) in [5, 5.41) is 0.661. The predicted octanol–water partition coefficient (Wildman–Crippen LogP) is 4.51. The number of halogens is 1. The molecule has 0 aromatic heterocycles. The van der Waals surface area contributed by atoms with E-state index in [1.807, 2.05) is 47.4 Å². The first kappa shape index (κ1) is 14.5. The summed E-state index contributed by atoms with van der Waals surface area (Å²) in [6.07, 6.45) is 1.30. The number of rotatable bonds is 1. The second-order valence-corrected chi connectivity index (χ2v) is 6.63. The molecule has 4 rings (SSSR count). The molecule has 2 atom stereocenters. The second kappa shape index (κ2) is 5.20. The van der Waals surface area contributed by atoms with Crippen molar-refractivity contribution in [2.24, 2.45) is 0 Å². The molecule has 0 saturated carbocycles. The van der Waals surface area contributed by atoms with E-state index < -0.39 is 0 Å². The van der Waals surface area contributed by atoms with Crippen molar-refractivity contribution in [1.82, 2.24) is 0 Å². The maximum absolute atomic E-state index is 12.4. The molecule has 0 bridgehead atoms. The largest absolute Gasteiger partial charge is 0.304 e. The first-order chi connectivity index (χ1) is 11.1. The Kier molecular flexibility index (Phi) is 3.27. The SMILES string of the molecule is CC(=O)N1c2cccc3c2C(CCC3=O)C1c1cccc(Cl)c1. The Morgan fingerprint density at radius 2 is 2.00 bits per heavy atom. The maximum atomic E-state index is 12.4. The smallest absolute Gasteiger partial charge is 0.224 e. The van der Waals surface area contributed by atoms with Crippen molar-refractivity contribution in [2.75, 3.05) is 4.90 Å². The van der Waals surface area contributed by atoms with Crippen LogP contribution in [0.5, 0.6) is 0 Å². The summed E-state index contributed by atoms with van der Waals surface area (Å²) >= 11 is 6.16. The molecule has 0 saturated heterocycles. The number of carbonyl (C=O) groups excluding carboxylic acids is 2. The van der Waals surface area contributed by atoms with Crippen LogP contribution in [0.2, 0.25) is 5.02 Å². The lowest BCUT2D eigenvalue weighted by atomic mass is 9.78. The van der Waals surface area contributed by atoms with E-state index in [0.29, 0.717) is 11.4 Å². The van der Waals surface area contributed by atoms with E-state index >= 15 is 0 Å². The van der Waals surface area contributed by atoms with E-state index in [-0.39, 0.29) is 23.7 Å². The Hall–Kier alpha value is -2.13. The first-order valence-corrected chi connectivity index (χ1v) is 8.17. The Morgan fingerprint density at radius 1 is 1.22 bits per heavy atom. The van der Waals surface area contributed by atoms with Crippen LogP contribution in [-0.4, -0.2) is 11.7 Å². The topological polar surface area (TPSA) is 37.4 Å². The third-order valence-corrected chi connectivity index (χ3v) is 5.12. The molecule has 23 heavy (non-hydrogen) atoms. The van der Waals surface area contributed by atoms with Crippen molar-refractivity contribution < 1.29 is 9.59 Å². The lowest BCUT2D eigenvalue weighted by molar-refractivity contribution is -0.117. The van der Waals surface area contributed by atoms with Gasteiger partial charge in [0.15, 0.2) is 5.78 Å². The molecule has 2 aliphatic rings. The van der Waals surface area contributed by atoms with Crippen LogP contribution in [0.15, 0.2) is 42.5 Å². The first-order valence-electron chi connectivity index (χ1n) is 7.79. The summed E-state index contributed by atoms with van der Waals surface area (Å²) in [4.78, 5) is 26.4. The number of Topliss-reactive ketones (excluding diaryl/α,β-unsaturated/α-hetero) is 1. The predicted molar refractivity (Wildman–Crippen MR) is 90.1 cm³/mol. The average molecular weight is 326 g/mol. The van der Waals surface area contributed by atoms with Gasteiger partial charge in [-0.2, -0.15) is 0 Å². The molecule has 2 aromatic rings. The van der Waals surface area contributed by atoms with Gasteiger partial charge in [0.05, 0.1) is 6.04 Å². The van der Waals surface area contributed by atoms with Gasteiger partial charge in [-0.1, -0.05) is 35.9 Å². The van der Waals surface area contributed by atoms with E-state index in [1.165, 1.54) is 0 Å². The molecule has 1 amide bonds. The quantitative estimate of drug-likeness (QED) is 0.773. The molecular formula is C19H16ClNO2. The van der Waals surface area contributed by atoms with Crippen molar-refractivity contribution in [3.63, 3.8) is 0 Å². The molecule has 2 aromatic carbocycles. The highest BCUT2D eigenvalue weighted by molar-refractivity contribution is 6.30.